The maximum atomic E-state index is 12.0. The minimum Gasteiger partial charge on any atom is -0.489 e. The van der Waals surface area contributed by atoms with Gasteiger partial charge in [-0.25, -0.2) is 5.43 Å². The number of benzene rings is 3. The molecule has 0 spiro atoms. The minimum absolute atomic E-state index is 0.332. The monoisotopic (exact) mass is 543 g/mol. The fourth-order valence-corrected chi connectivity index (χ4v) is 3.17. The summed E-state index contributed by atoms with van der Waals surface area (Å²) in [6.07, 6.45) is 1.17. The van der Waals surface area contributed by atoms with Crippen LogP contribution in [-0.2, 0) is 16.2 Å². The Hall–Kier alpha value is -2.97. The second-order valence-electron chi connectivity index (χ2n) is 6.48. The van der Waals surface area contributed by atoms with Crippen molar-refractivity contribution in [1.82, 2.24) is 5.43 Å². The topological polar surface area (TPSA) is 79.8 Å². The van der Waals surface area contributed by atoms with E-state index in [2.05, 4.69) is 47.7 Å². The smallest absolute Gasteiger partial charge is 0.249 e. The van der Waals surface area contributed by atoms with Crippen LogP contribution in [0.2, 0.25) is 0 Å². The molecule has 0 aliphatic carbocycles. The van der Waals surface area contributed by atoms with Gasteiger partial charge in [0, 0.05) is 8.95 Å². The van der Waals surface area contributed by atoms with Crippen LogP contribution < -0.4 is 15.5 Å². The summed E-state index contributed by atoms with van der Waals surface area (Å²) in [6.45, 7) is 0.471. The van der Waals surface area contributed by atoms with Crippen molar-refractivity contribution < 1.29 is 14.3 Å². The van der Waals surface area contributed by atoms with Gasteiger partial charge in [0.25, 0.3) is 0 Å². The van der Waals surface area contributed by atoms with Crippen LogP contribution >= 0.6 is 31.9 Å². The molecule has 0 saturated heterocycles. The van der Waals surface area contributed by atoms with Gasteiger partial charge in [-0.2, -0.15) is 5.10 Å². The van der Waals surface area contributed by atoms with E-state index >= 15 is 0 Å². The first-order chi connectivity index (χ1) is 15.0. The summed E-state index contributed by atoms with van der Waals surface area (Å²) in [5, 5.41) is 6.56. The summed E-state index contributed by atoms with van der Waals surface area (Å²) in [7, 11) is 0. The number of amides is 2. The standard InChI is InChI=1S/C23H19Br2N3O3/c24-18-9-5-17(6-10-18)15-31-19-11-7-16(8-12-19)14-26-28-23(30)13-22(29)27-21-4-2-1-3-20(21)25/h1-12,14H,13,15H2,(H,27,29)(H,28,30). The molecule has 6 nitrogen and oxygen atoms in total. The van der Waals surface area contributed by atoms with Crippen LogP contribution in [0.5, 0.6) is 5.75 Å². The molecule has 158 valence electrons. The number of ether oxygens (including phenoxy) is 1. The van der Waals surface area contributed by atoms with Crippen LogP contribution in [0.15, 0.2) is 86.8 Å². The first-order valence-electron chi connectivity index (χ1n) is 9.33. The zero-order valence-electron chi connectivity index (χ0n) is 16.3. The summed E-state index contributed by atoms with van der Waals surface area (Å²) in [6, 6.07) is 22.4. The lowest BCUT2D eigenvalue weighted by Gasteiger charge is -2.07. The molecule has 0 radical (unpaired) electrons. The molecule has 0 bridgehead atoms. The lowest BCUT2D eigenvalue weighted by molar-refractivity contribution is -0.126. The van der Waals surface area contributed by atoms with E-state index in [4.69, 9.17) is 4.74 Å². The lowest BCUT2D eigenvalue weighted by Crippen LogP contribution is -2.24. The average molecular weight is 545 g/mol. The fraction of sp³-hybridized carbons (Fsp3) is 0.0870. The van der Waals surface area contributed by atoms with Crippen molar-refractivity contribution in [2.45, 2.75) is 13.0 Å². The normalized spacial score (nSPS) is 10.6. The van der Waals surface area contributed by atoms with Crippen molar-refractivity contribution in [1.29, 1.82) is 0 Å². The number of hydrazone groups is 1. The van der Waals surface area contributed by atoms with Gasteiger partial charge in [-0.15, -0.1) is 0 Å². The summed E-state index contributed by atoms with van der Waals surface area (Å²) in [4.78, 5) is 23.9. The molecule has 0 saturated carbocycles. The Bertz CT molecular complexity index is 1070. The number of nitrogens with one attached hydrogen (secondary N) is 2. The van der Waals surface area contributed by atoms with Crippen molar-refractivity contribution in [2.24, 2.45) is 5.10 Å². The maximum absolute atomic E-state index is 12.0. The Labute approximate surface area is 197 Å². The molecule has 2 N–H and O–H groups in total. The third-order valence-corrected chi connectivity index (χ3v) is 5.29. The first kappa shape index (κ1) is 22.7. The quantitative estimate of drug-likeness (QED) is 0.230. The number of carbonyl (C=O) groups excluding carboxylic acids is 2. The molecule has 0 unspecified atom stereocenters. The Kier molecular flexibility index (Phi) is 8.37. The van der Waals surface area contributed by atoms with Gasteiger partial charge in [0.1, 0.15) is 18.8 Å². The van der Waals surface area contributed by atoms with Crippen LogP contribution in [0.4, 0.5) is 5.69 Å². The van der Waals surface area contributed by atoms with Crippen molar-refractivity contribution in [3.8, 4) is 5.75 Å². The van der Waals surface area contributed by atoms with Crippen molar-refractivity contribution in [2.75, 3.05) is 5.32 Å². The van der Waals surface area contributed by atoms with Crippen LogP contribution in [-0.4, -0.2) is 18.0 Å². The van der Waals surface area contributed by atoms with Gasteiger partial charge in [0.2, 0.25) is 11.8 Å². The van der Waals surface area contributed by atoms with Crippen molar-refractivity contribution >= 4 is 55.6 Å². The van der Waals surface area contributed by atoms with Crippen molar-refractivity contribution in [3.05, 3.63) is 92.9 Å². The number of rotatable bonds is 8. The minimum atomic E-state index is -0.504. The number of carbonyl (C=O) groups is 2. The number of hydrogen-bond acceptors (Lipinski definition) is 4. The Morgan fingerprint density at radius 2 is 1.61 bits per heavy atom. The first-order valence-corrected chi connectivity index (χ1v) is 10.9. The average Bonchev–Trinajstić information content (AvgIpc) is 2.76. The highest BCUT2D eigenvalue weighted by atomic mass is 79.9. The van der Waals surface area contributed by atoms with Crippen LogP contribution in [0.3, 0.4) is 0 Å². The van der Waals surface area contributed by atoms with E-state index in [9.17, 15) is 9.59 Å². The number of hydrogen-bond donors (Lipinski definition) is 2. The molecule has 8 heteroatoms. The second-order valence-corrected chi connectivity index (χ2v) is 8.25. The number of anilines is 1. The highest BCUT2D eigenvalue weighted by Gasteiger charge is 2.10. The predicted molar refractivity (Wildman–Crippen MR) is 128 cm³/mol. The van der Waals surface area contributed by atoms with E-state index < -0.39 is 11.8 Å². The van der Waals surface area contributed by atoms with Gasteiger partial charge in [-0.1, -0.05) is 40.2 Å². The lowest BCUT2D eigenvalue weighted by atomic mass is 10.2. The van der Waals surface area contributed by atoms with E-state index in [-0.39, 0.29) is 6.42 Å². The van der Waals surface area contributed by atoms with Crippen LogP contribution in [0, 0.1) is 0 Å². The Morgan fingerprint density at radius 1 is 0.903 bits per heavy atom. The molecule has 0 atom stereocenters. The van der Waals surface area contributed by atoms with Gasteiger partial charge in [-0.05, 0) is 75.6 Å². The molecule has 0 aromatic heterocycles. The van der Waals surface area contributed by atoms with E-state index in [1.165, 1.54) is 6.21 Å². The van der Waals surface area contributed by atoms with Gasteiger partial charge in [0.05, 0.1) is 11.9 Å². The molecule has 3 aromatic carbocycles. The summed E-state index contributed by atoms with van der Waals surface area (Å²) < 4.78 is 7.52. The maximum Gasteiger partial charge on any atom is 0.249 e. The molecule has 0 aliphatic heterocycles. The second kappa shape index (κ2) is 11.4. The SMILES string of the molecule is O=C(CC(=O)Nc1ccccc1Br)NN=Cc1ccc(OCc2ccc(Br)cc2)cc1. The molecular weight excluding hydrogens is 526 g/mol. The van der Waals surface area contributed by atoms with Gasteiger partial charge in [-0.3, -0.25) is 9.59 Å². The summed E-state index contributed by atoms with van der Waals surface area (Å²) in [5.41, 5.74) is 4.81. The van der Waals surface area contributed by atoms with Crippen molar-refractivity contribution in [3.63, 3.8) is 0 Å². The highest BCUT2D eigenvalue weighted by Crippen LogP contribution is 2.21. The molecule has 3 aromatic rings. The van der Waals surface area contributed by atoms with Gasteiger partial charge >= 0.3 is 0 Å². The molecular formula is C23H19Br2N3O3. The molecule has 0 aliphatic rings. The summed E-state index contributed by atoms with van der Waals surface area (Å²) >= 11 is 6.74. The Balaban J connectivity index is 1.42. The van der Waals surface area contributed by atoms with Gasteiger partial charge in [0.15, 0.2) is 0 Å². The number of nitrogens with zero attached hydrogens (tertiary/aromatic N) is 1. The Morgan fingerprint density at radius 3 is 2.32 bits per heavy atom. The molecule has 31 heavy (non-hydrogen) atoms. The molecule has 3 rings (SSSR count). The number of para-hydroxylation sites is 1. The van der Waals surface area contributed by atoms with Crippen LogP contribution in [0.1, 0.15) is 17.5 Å². The third-order valence-electron chi connectivity index (χ3n) is 4.07. The number of halogens is 2. The fourth-order valence-electron chi connectivity index (χ4n) is 2.52. The highest BCUT2D eigenvalue weighted by molar-refractivity contribution is 9.10. The zero-order valence-corrected chi connectivity index (χ0v) is 19.5. The van der Waals surface area contributed by atoms with Gasteiger partial charge < -0.3 is 10.1 Å². The van der Waals surface area contributed by atoms with E-state index in [1.54, 1.807) is 18.2 Å². The van der Waals surface area contributed by atoms with E-state index in [0.717, 1.165) is 25.8 Å². The largest absolute Gasteiger partial charge is 0.489 e. The molecule has 0 heterocycles. The summed E-state index contributed by atoms with van der Waals surface area (Å²) in [5.74, 6) is -0.199. The predicted octanol–water partition coefficient (Wildman–Crippen LogP) is 5.27. The van der Waals surface area contributed by atoms with E-state index in [0.29, 0.717) is 12.3 Å². The van der Waals surface area contributed by atoms with Crippen LogP contribution in [0.25, 0.3) is 0 Å². The van der Waals surface area contributed by atoms with E-state index in [1.807, 2.05) is 54.6 Å². The molecule has 0 fully saturated rings. The molecule has 2 amide bonds. The third kappa shape index (κ3) is 7.66. The zero-order chi connectivity index (χ0) is 22.1.